The van der Waals surface area contributed by atoms with Gasteiger partial charge in [0.25, 0.3) is 0 Å². The van der Waals surface area contributed by atoms with Gasteiger partial charge in [-0.1, -0.05) is 49.7 Å². The van der Waals surface area contributed by atoms with Gasteiger partial charge in [0.1, 0.15) is 0 Å². The van der Waals surface area contributed by atoms with Crippen molar-refractivity contribution in [3.63, 3.8) is 0 Å². The molecule has 22 heavy (non-hydrogen) atoms. The largest absolute Gasteiger partial charge is 0.388 e. The molecule has 0 amide bonds. The van der Waals surface area contributed by atoms with Crippen LogP contribution in [0.5, 0.6) is 0 Å². The highest BCUT2D eigenvalue weighted by Crippen LogP contribution is 2.50. The second kappa shape index (κ2) is 5.51. The molecule has 1 heterocycles. The van der Waals surface area contributed by atoms with Gasteiger partial charge in [-0.2, -0.15) is 0 Å². The van der Waals surface area contributed by atoms with E-state index in [4.69, 9.17) is 4.98 Å². The average molecular weight is 295 g/mol. The van der Waals surface area contributed by atoms with Gasteiger partial charge in [0.2, 0.25) is 0 Å². The van der Waals surface area contributed by atoms with Crippen molar-refractivity contribution in [3.8, 4) is 0 Å². The lowest BCUT2D eigenvalue weighted by Gasteiger charge is -2.42. The third kappa shape index (κ3) is 2.68. The Kier molecular flexibility index (Phi) is 3.82. The first kappa shape index (κ1) is 15.2. The predicted octanol–water partition coefficient (Wildman–Crippen LogP) is 4.49. The van der Waals surface area contributed by atoms with Crippen LogP contribution >= 0.6 is 0 Å². The molecule has 1 aliphatic carbocycles. The van der Waals surface area contributed by atoms with Crippen molar-refractivity contribution in [2.45, 2.75) is 52.6 Å². The van der Waals surface area contributed by atoms with Crippen LogP contribution < -0.4 is 0 Å². The summed E-state index contributed by atoms with van der Waals surface area (Å²) in [7, 11) is 0. The lowest BCUT2D eigenvalue weighted by atomic mass is 9.65. The Bertz CT molecular complexity index is 673. The van der Waals surface area contributed by atoms with Crippen LogP contribution in [0.3, 0.4) is 0 Å². The lowest BCUT2D eigenvalue weighted by Crippen LogP contribution is -2.33. The van der Waals surface area contributed by atoms with Gasteiger partial charge in [0.15, 0.2) is 0 Å². The second-order valence-electron chi connectivity index (χ2n) is 7.38. The number of aliphatic hydroxyl groups is 1. The number of hydrogen-bond donors (Lipinski definition) is 1. The number of aliphatic hydroxyl groups excluding tert-OH is 1. The summed E-state index contributed by atoms with van der Waals surface area (Å²) in [5, 5.41) is 11.0. The molecule has 2 atom stereocenters. The Morgan fingerprint density at radius 3 is 2.50 bits per heavy atom. The summed E-state index contributed by atoms with van der Waals surface area (Å²) in [5.41, 5.74) is 5.82. The number of pyridine rings is 1. The van der Waals surface area contributed by atoms with Crippen molar-refractivity contribution >= 4 is 0 Å². The van der Waals surface area contributed by atoms with Crippen LogP contribution in [0.1, 0.15) is 60.2 Å². The van der Waals surface area contributed by atoms with Crippen LogP contribution in [0.2, 0.25) is 0 Å². The fraction of sp³-hybridized carbons (Fsp3) is 0.450. The second-order valence-corrected chi connectivity index (χ2v) is 7.38. The number of aromatic nitrogens is 1. The minimum absolute atomic E-state index is 0.0412. The maximum Gasteiger partial charge on any atom is 0.0878 e. The zero-order valence-electron chi connectivity index (χ0n) is 13.9. The van der Waals surface area contributed by atoms with E-state index in [0.717, 1.165) is 24.1 Å². The van der Waals surface area contributed by atoms with Gasteiger partial charge in [-0.3, -0.25) is 4.98 Å². The molecule has 0 bridgehead atoms. The molecule has 3 rings (SSSR count). The van der Waals surface area contributed by atoms with Crippen LogP contribution in [0, 0.1) is 19.3 Å². The summed E-state index contributed by atoms with van der Waals surface area (Å²) in [6.45, 7) is 8.65. The number of aryl methyl sites for hydroxylation is 3. The summed E-state index contributed by atoms with van der Waals surface area (Å²) in [4.78, 5) is 4.70. The van der Waals surface area contributed by atoms with Crippen molar-refractivity contribution in [2.75, 3.05) is 0 Å². The van der Waals surface area contributed by atoms with Gasteiger partial charge >= 0.3 is 0 Å². The predicted molar refractivity (Wildman–Crippen MR) is 90.0 cm³/mol. The molecule has 1 aliphatic rings. The summed E-state index contributed by atoms with van der Waals surface area (Å²) in [6.07, 6.45) is 3.55. The minimum Gasteiger partial charge on any atom is -0.388 e. The van der Waals surface area contributed by atoms with E-state index in [9.17, 15) is 5.11 Å². The van der Waals surface area contributed by atoms with E-state index in [1.54, 1.807) is 0 Å². The van der Waals surface area contributed by atoms with Crippen LogP contribution in [-0.2, 0) is 6.42 Å². The SMILES string of the molecule is Cc1ccc([C@H](O)[C@@H]2c3ncc(C)cc3CCC2(C)C)cc1. The topological polar surface area (TPSA) is 33.1 Å². The highest BCUT2D eigenvalue weighted by Gasteiger charge is 2.41. The monoisotopic (exact) mass is 295 g/mol. The van der Waals surface area contributed by atoms with E-state index in [0.29, 0.717) is 0 Å². The Morgan fingerprint density at radius 2 is 1.82 bits per heavy atom. The molecular weight excluding hydrogens is 270 g/mol. The van der Waals surface area contributed by atoms with E-state index in [1.807, 2.05) is 18.3 Å². The van der Waals surface area contributed by atoms with Crippen molar-refractivity contribution in [1.29, 1.82) is 0 Å². The first-order chi connectivity index (χ1) is 10.4. The standard InChI is InChI=1S/C20H25NO/c1-13-5-7-15(8-6-13)19(22)17-18-16(9-10-20(17,3)4)11-14(2)12-21-18/h5-8,11-12,17,19,22H,9-10H2,1-4H3/t17-,19-/m0/s1. The Balaban J connectivity index is 2.05. The van der Waals surface area contributed by atoms with Crippen LogP contribution in [0.15, 0.2) is 36.5 Å². The molecule has 1 aromatic carbocycles. The Labute approximate surface area is 133 Å². The fourth-order valence-electron chi connectivity index (χ4n) is 3.64. The van der Waals surface area contributed by atoms with Gasteiger partial charge in [-0.15, -0.1) is 0 Å². The third-order valence-corrected chi connectivity index (χ3v) is 5.05. The van der Waals surface area contributed by atoms with Crippen molar-refractivity contribution in [2.24, 2.45) is 5.41 Å². The first-order valence-corrected chi connectivity index (χ1v) is 8.08. The molecule has 0 spiro atoms. The van der Waals surface area contributed by atoms with Gasteiger partial charge in [-0.25, -0.2) is 0 Å². The first-order valence-electron chi connectivity index (χ1n) is 8.08. The molecule has 116 valence electrons. The Morgan fingerprint density at radius 1 is 1.14 bits per heavy atom. The van der Waals surface area contributed by atoms with E-state index >= 15 is 0 Å². The summed E-state index contributed by atoms with van der Waals surface area (Å²) < 4.78 is 0. The van der Waals surface area contributed by atoms with Crippen molar-refractivity contribution in [3.05, 3.63) is 64.5 Å². The molecule has 0 saturated heterocycles. The van der Waals surface area contributed by atoms with E-state index in [1.165, 1.54) is 16.7 Å². The molecule has 0 radical (unpaired) electrons. The van der Waals surface area contributed by atoms with Gasteiger partial charge in [0, 0.05) is 12.1 Å². The molecule has 2 heteroatoms. The van der Waals surface area contributed by atoms with Gasteiger partial charge in [-0.05, 0) is 48.8 Å². The summed E-state index contributed by atoms with van der Waals surface area (Å²) in [6, 6.07) is 10.4. The number of nitrogens with zero attached hydrogens (tertiary/aromatic N) is 1. The molecule has 1 aromatic heterocycles. The number of hydrogen-bond acceptors (Lipinski definition) is 2. The van der Waals surface area contributed by atoms with Crippen LogP contribution in [0.25, 0.3) is 0 Å². The summed E-state index contributed by atoms with van der Waals surface area (Å²) >= 11 is 0. The molecular formula is C20H25NO. The van der Waals surface area contributed by atoms with Crippen molar-refractivity contribution < 1.29 is 5.11 Å². The molecule has 2 aromatic rings. The van der Waals surface area contributed by atoms with Gasteiger partial charge in [0.05, 0.1) is 11.8 Å². The molecule has 0 saturated carbocycles. The fourth-order valence-corrected chi connectivity index (χ4v) is 3.64. The van der Waals surface area contributed by atoms with Gasteiger partial charge < -0.3 is 5.11 Å². The molecule has 0 aliphatic heterocycles. The van der Waals surface area contributed by atoms with E-state index < -0.39 is 6.10 Å². The van der Waals surface area contributed by atoms with Crippen molar-refractivity contribution in [1.82, 2.24) is 4.98 Å². The maximum atomic E-state index is 11.0. The van der Waals surface area contributed by atoms with Crippen LogP contribution in [0.4, 0.5) is 0 Å². The zero-order chi connectivity index (χ0) is 15.9. The highest BCUT2D eigenvalue weighted by molar-refractivity contribution is 5.35. The Hall–Kier alpha value is -1.67. The maximum absolute atomic E-state index is 11.0. The normalized spacial score (nSPS) is 21.2. The highest BCUT2D eigenvalue weighted by atomic mass is 16.3. The number of benzene rings is 1. The molecule has 1 N–H and O–H groups in total. The average Bonchev–Trinajstić information content (AvgIpc) is 2.47. The van der Waals surface area contributed by atoms with Crippen LogP contribution in [-0.4, -0.2) is 10.1 Å². The number of fused-ring (bicyclic) bond motifs is 1. The lowest BCUT2D eigenvalue weighted by molar-refractivity contribution is 0.0672. The summed E-state index contributed by atoms with van der Waals surface area (Å²) in [5.74, 6) is 0.0413. The third-order valence-electron chi connectivity index (χ3n) is 5.05. The molecule has 0 unspecified atom stereocenters. The molecule has 2 nitrogen and oxygen atoms in total. The minimum atomic E-state index is -0.509. The smallest absolute Gasteiger partial charge is 0.0878 e. The zero-order valence-corrected chi connectivity index (χ0v) is 13.9. The van der Waals surface area contributed by atoms with E-state index in [2.05, 4.69) is 45.9 Å². The van der Waals surface area contributed by atoms with E-state index in [-0.39, 0.29) is 11.3 Å². The quantitative estimate of drug-likeness (QED) is 0.885. The number of rotatable bonds is 2. The molecule has 0 fully saturated rings.